The van der Waals surface area contributed by atoms with E-state index in [9.17, 15) is 9.59 Å². The van der Waals surface area contributed by atoms with Crippen molar-refractivity contribution in [3.05, 3.63) is 29.6 Å². The van der Waals surface area contributed by atoms with E-state index in [1.165, 1.54) is 0 Å². The summed E-state index contributed by atoms with van der Waals surface area (Å²) < 4.78 is 0. The molecule has 108 valence electrons. The normalized spacial score (nSPS) is 16.1. The number of aliphatic carboxylic acids is 1. The smallest absolute Gasteiger partial charge is 0.303 e. The average Bonchev–Trinajstić information content (AvgIpc) is 2.45. The maximum atomic E-state index is 11.3. The van der Waals surface area contributed by atoms with Crippen molar-refractivity contribution in [2.24, 2.45) is 0 Å². The number of nitrogens with zero attached hydrogens (tertiary/aromatic N) is 2. The van der Waals surface area contributed by atoms with Crippen LogP contribution in [0.5, 0.6) is 0 Å². The Morgan fingerprint density at radius 1 is 1.35 bits per heavy atom. The van der Waals surface area contributed by atoms with E-state index in [1.54, 1.807) is 6.92 Å². The van der Waals surface area contributed by atoms with Crippen LogP contribution < -0.4 is 0 Å². The second kappa shape index (κ2) is 6.50. The van der Waals surface area contributed by atoms with Crippen LogP contribution in [0.15, 0.2) is 18.2 Å². The molecule has 0 spiro atoms. The van der Waals surface area contributed by atoms with Gasteiger partial charge in [0.25, 0.3) is 0 Å². The van der Waals surface area contributed by atoms with Crippen LogP contribution in [0.1, 0.15) is 43.5 Å². The number of carboxylic acid groups (broad SMARTS) is 1. The van der Waals surface area contributed by atoms with E-state index in [0.717, 1.165) is 37.3 Å². The highest BCUT2D eigenvalue weighted by Crippen LogP contribution is 2.26. The predicted molar refractivity (Wildman–Crippen MR) is 74.4 cm³/mol. The lowest BCUT2D eigenvalue weighted by Gasteiger charge is -2.31. The molecule has 0 unspecified atom stereocenters. The molecule has 0 bridgehead atoms. The van der Waals surface area contributed by atoms with E-state index in [-0.39, 0.29) is 12.3 Å². The predicted octanol–water partition coefficient (Wildman–Crippen LogP) is 1.82. The summed E-state index contributed by atoms with van der Waals surface area (Å²) in [6.45, 7) is 3.16. The van der Waals surface area contributed by atoms with Gasteiger partial charge in [-0.05, 0) is 25.0 Å². The maximum Gasteiger partial charge on any atom is 0.303 e. The molecule has 20 heavy (non-hydrogen) atoms. The molecule has 0 radical (unpaired) electrons. The summed E-state index contributed by atoms with van der Waals surface area (Å²) in [5, 5.41) is 8.71. The molecule has 1 amide bonds. The van der Waals surface area contributed by atoms with Gasteiger partial charge in [0.1, 0.15) is 0 Å². The monoisotopic (exact) mass is 276 g/mol. The molecule has 2 heterocycles. The van der Waals surface area contributed by atoms with Crippen molar-refractivity contribution >= 4 is 11.9 Å². The fraction of sp³-hybridized carbons (Fsp3) is 0.533. The third-order valence-electron chi connectivity index (χ3n) is 3.78. The topological polar surface area (TPSA) is 70.5 Å². The summed E-state index contributed by atoms with van der Waals surface area (Å²) >= 11 is 0. The number of aromatic nitrogens is 1. The standard InChI is InChI=1S/C15H20N2O3/c1-11(18)17-9-7-12(8-10-17)14-4-2-3-13(16-14)5-6-15(19)20/h2-4,12H,5-10H2,1H3,(H,19,20). The molecule has 0 aliphatic carbocycles. The molecule has 1 aliphatic rings. The number of rotatable bonds is 4. The summed E-state index contributed by atoms with van der Waals surface area (Å²) in [7, 11) is 0. The molecule has 1 fully saturated rings. The second-order valence-electron chi connectivity index (χ2n) is 5.23. The molecule has 1 saturated heterocycles. The van der Waals surface area contributed by atoms with Crippen LogP contribution in [0.2, 0.25) is 0 Å². The van der Waals surface area contributed by atoms with Gasteiger partial charge in [-0.2, -0.15) is 0 Å². The third kappa shape index (κ3) is 3.79. The van der Waals surface area contributed by atoms with E-state index in [4.69, 9.17) is 5.11 Å². The molecule has 0 atom stereocenters. The molecular weight excluding hydrogens is 256 g/mol. The van der Waals surface area contributed by atoms with Crippen LogP contribution in [-0.4, -0.2) is 40.0 Å². The number of carbonyl (C=O) groups excluding carboxylic acids is 1. The van der Waals surface area contributed by atoms with Gasteiger partial charge < -0.3 is 10.0 Å². The lowest BCUT2D eigenvalue weighted by atomic mass is 9.93. The molecule has 0 saturated carbocycles. The van der Waals surface area contributed by atoms with Crippen molar-refractivity contribution in [2.45, 2.75) is 38.5 Å². The van der Waals surface area contributed by atoms with Crippen molar-refractivity contribution < 1.29 is 14.7 Å². The number of amides is 1. The van der Waals surface area contributed by atoms with Crippen LogP contribution in [0, 0.1) is 0 Å². The zero-order valence-electron chi connectivity index (χ0n) is 11.7. The number of likely N-dealkylation sites (tertiary alicyclic amines) is 1. The Labute approximate surface area is 118 Å². The number of hydrogen-bond donors (Lipinski definition) is 1. The Morgan fingerprint density at radius 3 is 2.65 bits per heavy atom. The Kier molecular flexibility index (Phi) is 4.71. The van der Waals surface area contributed by atoms with Crippen molar-refractivity contribution in [3.8, 4) is 0 Å². The molecule has 5 heteroatoms. The molecular formula is C15H20N2O3. The van der Waals surface area contributed by atoms with E-state index in [1.807, 2.05) is 23.1 Å². The summed E-state index contributed by atoms with van der Waals surface area (Å²) in [6.07, 6.45) is 2.43. The minimum atomic E-state index is -0.799. The highest BCUT2D eigenvalue weighted by molar-refractivity contribution is 5.73. The number of aryl methyl sites for hydroxylation is 1. The third-order valence-corrected chi connectivity index (χ3v) is 3.78. The quantitative estimate of drug-likeness (QED) is 0.910. The Balaban J connectivity index is 1.97. The van der Waals surface area contributed by atoms with Crippen molar-refractivity contribution in [1.29, 1.82) is 0 Å². The molecule has 2 rings (SSSR count). The largest absolute Gasteiger partial charge is 0.481 e. The first-order chi connectivity index (χ1) is 9.56. The highest BCUT2D eigenvalue weighted by atomic mass is 16.4. The van der Waals surface area contributed by atoms with Gasteiger partial charge in [0, 0.05) is 43.7 Å². The summed E-state index contributed by atoms with van der Waals surface area (Å²) in [6, 6.07) is 5.81. The van der Waals surface area contributed by atoms with Crippen LogP contribution in [0.3, 0.4) is 0 Å². The maximum absolute atomic E-state index is 11.3. The van der Waals surface area contributed by atoms with Crippen LogP contribution in [-0.2, 0) is 16.0 Å². The first kappa shape index (κ1) is 14.5. The lowest BCUT2D eigenvalue weighted by molar-refractivity contribution is -0.137. The van der Waals surface area contributed by atoms with E-state index >= 15 is 0 Å². The van der Waals surface area contributed by atoms with Crippen molar-refractivity contribution in [2.75, 3.05) is 13.1 Å². The molecule has 1 N–H and O–H groups in total. The first-order valence-corrected chi connectivity index (χ1v) is 6.99. The Morgan fingerprint density at radius 2 is 2.05 bits per heavy atom. The van der Waals surface area contributed by atoms with E-state index in [0.29, 0.717) is 12.3 Å². The fourth-order valence-corrected chi connectivity index (χ4v) is 2.59. The van der Waals surface area contributed by atoms with Crippen LogP contribution in [0.25, 0.3) is 0 Å². The van der Waals surface area contributed by atoms with Gasteiger partial charge in [-0.3, -0.25) is 14.6 Å². The minimum Gasteiger partial charge on any atom is -0.481 e. The first-order valence-electron chi connectivity index (χ1n) is 6.99. The second-order valence-corrected chi connectivity index (χ2v) is 5.23. The van der Waals surface area contributed by atoms with E-state index in [2.05, 4.69) is 4.98 Å². The highest BCUT2D eigenvalue weighted by Gasteiger charge is 2.22. The fourth-order valence-electron chi connectivity index (χ4n) is 2.59. The van der Waals surface area contributed by atoms with Crippen molar-refractivity contribution in [1.82, 2.24) is 9.88 Å². The van der Waals surface area contributed by atoms with Gasteiger partial charge in [0.15, 0.2) is 0 Å². The summed E-state index contributed by atoms with van der Waals surface area (Å²) in [5.41, 5.74) is 1.86. The summed E-state index contributed by atoms with van der Waals surface area (Å²) in [4.78, 5) is 28.3. The molecule has 1 aliphatic heterocycles. The number of piperidine rings is 1. The number of carbonyl (C=O) groups is 2. The van der Waals surface area contributed by atoms with Crippen molar-refractivity contribution in [3.63, 3.8) is 0 Å². The lowest BCUT2D eigenvalue weighted by Crippen LogP contribution is -2.36. The van der Waals surface area contributed by atoms with Gasteiger partial charge in [-0.1, -0.05) is 6.07 Å². The van der Waals surface area contributed by atoms with Gasteiger partial charge in [-0.25, -0.2) is 0 Å². The van der Waals surface area contributed by atoms with Gasteiger partial charge in [0.2, 0.25) is 5.91 Å². The zero-order valence-corrected chi connectivity index (χ0v) is 11.7. The minimum absolute atomic E-state index is 0.110. The zero-order chi connectivity index (χ0) is 14.5. The van der Waals surface area contributed by atoms with Gasteiger partial charge in [-0.15, -0.1) is 0 Å². The van der Waals surface area contributed by atoms with Crippen LogP contribution >= 0.6 is 0 Å². The molecule has 5 nitrogen and oxygen atoms in total. The molecule has 0 aromatic carbocycles. The molecule has 1 aromatic heterocycles. The summed E-state index contributed by atoms with van der Waals surface area (Å²) in [5.74, 6) is -0.297. The number of pyridine rings is 1. The van der Waals surface area contributed by atoms with Gasteiger partial charge >= 0.3 is 5.97 Å². The Bertz CT molecular complexity index is 494. The average molecular weight is 276 g/mol. The SMILES string of the molecule is CC(=O)N1CCC(c2cccc(CCC(=O)O)n2)CC1. The number of hydrogen-bond acceptors (Lipinski definition) is 3. The van der Waals surface area contributed by atoms with Crippen LogP contribution in [0.4, 0.5) is 0 Å². The molecule has 1 aromatic rings. The Hall–Kier alpha value is -1.91. The number of carboxylic acids is 1. The van der Waals surface area contributed by atoms with E-state index < -0.39 is 5.97 Å². The van der Waals surface area contributed by atoms with Gasteiger partial charge in [0.05, 0.1) is 6.42 Å².